The van der Waals surface area contributed by atoms with Crippen LogP contribution >= 0.6 is 0 Å². The van der Waals surface area contributed by atoms with Gasteiger partial charge in [0.15, 0.2) is 0 Å². The van der Waals surface area contributed by atoms with Crippen molar-refractivity contribution in [3.8, 4) is 11.8 Å². The molecule has 0 aliphatic heterocycles. The molecule has 0 spiro atoms. The summed E-state index contributed by atoms with van der Waals surface area (Å²) in [5.74, 6) is 6.73. The molecule has 5 aromatic rings. The van der Waals surface area contributed by atoms with Crippen LogP contribution in [0.15, 0.2) is 152 Å². The Kier molecular flexibility index (Phi) is 13.6. The van der Waals surface area contributed by atoms with Crippen molar-refractivity contribution in [3.05, 3.63) is 168 Å². The lowest BCUT2D eigenvalue weighted by atomic mass is 10.0. The molecule has 5 aromatic carbocycles. The zero-order chi connectivity index (χ0) is 34.2. The number of rotatable bonds is 16. The minimum Gasteiger partial charge on any atom is -0.396 e. The average Bonchev–Trinajstić information content (AvgIpc) is 3.14. The van der Waals surface area contributed by atoms with Crippen molar-refractivity contribution < 1.29 is 18.6 Å². The lowest BCUT2D eigenvalue weighted by Crippen LogP contribution is -2.66. The Morgan fingerprint density at radius 2 is 0.939 bits per heavy atom. The van der Waals surface area contributed by atoms with Crippen molar-refractivity contribution in [1.82, 2.24) is 0 Å². The predicted octanol–water partition coefficient (Wildman–Crippen LogP) is 8.20. The Morgan fingerprint density at radius 3 is 1.39 bits per heavy atom. The maximum absolute atomic E-state index is 7.09. The summed E-state index contributed by atoms with van der Waals surface area (Å²) in [5.41, 5.74) is 3.33. The SMILES string of the molecule is CC(C)(C)[Si](OCC#C[C@H](COCc1ccccc1)[C@H](COCc1ccccc1)OCc1ccccc1)(c1ccccc1)c1ccccc1. The molecule has 0 radical (unpaired) electrons. The largest absolute Gasteiger partial charge is 0.396 e. The first-order valence-corrected chi connectivity index (χ1v) is 19.0. The number of hydrogen-bond acceptors (Lipinski definition) is 4. The molecule has 0 aliphatic carbocycles. The van der Waals surface area contributed by atoms with Gasteiger partial charge in [0.2, 0.25) is 0 Å². The summed E-state index contributed by atoms with van der Waals surface area (Å²) in [7, 11) is -2.73. The molecule has 5 heteroatoms. The van der Waals surface area contributed by atoms with E-state index in [4.69, 9.17) is 18.6 Å². The molecule has 5 rings (SSSR count). The molecular formula is C44H48O4Si. The molecule has 0 unspecified atom stereocenters. The van der Waals surface area contributed by atoms with E-state index < -0.39 is 8.32 Å². The molecule has 0 fully saturated rings. The van der Waals surface area contributed by atoms with E-state index in [9.17, 15) is 0 Å². The van der Waals surface area contributed by atoms with Crippen LogP contribution in [0.5, 0.6) is 0 Å². The van der Waals surface area contributed by atoms with Gasteiger partial charge in [-0.15, -0.1) is 0 Å². The molecule has 0 saturated heterocycles. The monoisotopic (exact) mass is 668 g/mol. The fourth-order valence-corrected chi connectivity index (χ4v) is 10.6. The highest BCUT2D eigenvalue weighted by Gasteiger charge is 2.50. The molecule has 252 valence electrons. The van der Waals surface area contributed by atoms with E-state index in [-0.39, 0.29) is 17.1 Å². The van der Waals surface area contributed by atoms with Crippen LogP contribution in [-0.2, 0) is 38.5 Å². The first-order chi connectivity index (χ1) is 24.0. The van der Waals surface area contributed by atoms with Gasteiger partial charge < -0.3 is 18.6 Å². The third kappa shape index (κ3) is 10.4. The number of ether oxygens (including phenoxy) is 3. The Balaban J connectivity index is 1.40. The van der Waals surface area contributed by atoms with E-state index in [0.29, 0.717) is 39.6 Å². The molecule has 2 atom stereocenters. The summed E-state index contributed by atoms with van der Waals surface area (Å²) in [5, 5.41) is 2.33. The Hall–Kier alpha value is -4.28. The highest BCUT2D eigenvalue weighted by Crippen LogP contribution is 2.36. The standard InChI is InChI=1S/C44H48O4Si/c1-44(2,3)49(41-27-15-7-16-28-41,42-29-17-8-18-30-42)48-31-19-26-40(35-45-32-37-20-9-4-10-21-37)43(47-34-39-24-13-6-14-25-39)36-46-33-38-22-11-5-12-23-38/h4-18,20-25,27-30,40,43H,31-36H2,1-3H3/t40-,43+/m1/s1. The Morgan fingerprint density at radius 1 is 0.531 bits per heavy atom. The number of hydrogen-bond donors (Lipinski definition) is 0. The summed E-state index contributed by atoms with van der Waals surface area (Å²) in [6.45, 7) is 9.36. The van der Waals surface area contributed by atoms with Gasteiger partial charge in [0.1, 0.15) is 0 Å². The van der Waals surface area contributed by atoms with E-state index in [0.717, 1.165) is 16.7 Å². The Labute approximate surface area is 294 Å². The van der Waals surface area contributed by atoms with Gasteiger partial charge in [-0.3, -0.25) is 0 Å². The molecular weight excluding hydrogens is 621 g/mol. The van der Waals surface area contributed by atoms with Gasteiger partial charge in [0.05, 0.1) is 51.7 Å². The zero-order valence-corrected chi connectivity index (χ0v) is 30.0. The maximum Gasteiger partial charge on any atom is 0.262 e. The van der Waals surface area contributed by atoms with Crippen molar-refractivity contribution >= 4 is 18.7 Å². The van der Waals surface area contributed by atoms with Crippen molar-refractivity contribution in [2.45, 2.75) is 51.7 Å². The second kappa shape index (κ2) is 18.5. The summed E-state index contributed by atoms with van der Waals surface area (Å²) < 4.78 is 26.2. The van der Waals surface area contributed by atoms with Gasteiger partial charge in [-0.25, -0.2) is 0 Å². The van der Waals surface area contributed by atoms with Crippen molar-refractivity contribution in [2.75, 3.05) is 19.8 Å². The van der Waals surface area contributed by atoms with E-state index >= 15 is 0 Å². The third-order valence-electron chi connectivity index (χ3n) is 8.62. The highest BCUT2D eigenvalue weighted by atomic mass is 28.4. The lowest BCUT2D eigenvalue weighted by molar-refractivity contribution is -0.0642. The maximum atomic E-state index is 7.09. The smallest absolute Gasteiger partial charge is 0.262 e. The lowest BCUT2D eigenvalue weighted by Gasteiger charge is -2.42. The fraction of sp³-hybridized carbons (Fsp3) is 0.273. The zero-order valence-electron chi connectivity index (χ0n) is 29.0. The molecule has 49 heavy (non-hydrogen) atoms. The first kappa shape index (κ1) is 36.0. The minimum atomic E-state index is -2.73. The molecule has 0 bridgehead atoms. The van der Waals surface area contributed by atoms with E-state index in [1.807, 2.05) is 54.6 Å². The van der Waals surface area contributed by atoms with Crippen molar-refractivity contribution in [3.63, 3.8) is 0 Å². The first-order valence-electron chi connectivity index (χ1n) is 17.1. The predicted molar refractivity (Wildman–Crippen MR) is 202 cm³/mol. The molecule has 4 nitrogen and oxygen atoms in total. The van der Waals surface area contributed by atoms with E-state index in [2.05, 4.69) is 130 Å². The van der Waals surface area contributed by atoms with E-state index in [1.54, 1.807) is 0 Å². The van der Waals surface area contributed by atoms with Crippen LogP contribution < -0.4 is 10.4 Å². The molecule has 0 heterocycles. The third-order valence-corrected chi connectivity index (χ3v) is 13.6. The molecule has 0 aliphatic rings. The van der Waals surface area contributed by atoms with Gasteiger partial charge in [-0.1, -0.05) is 184 Å². The summed E-state index contributed by atoms with van der Waals surface area (Å²) in [4.78, 5) is 0. The number of benzene rings is 5. The second-order valence-electron chi connectivity index (χ2n) is 13.2. The van der Waals surface area contributed by atoms with Crippen LogP contribution in [0.2, 0.25) is 5.04 Å². The van der Waals surface area contributed by atoms with Crippen LogP contribution in [0.25, 0.3) is 0 Å². The van der Waals surface area contributed by atoms with Gasteiger partial charge >= 0.3 is 0 Å². The summed E-state index contributed by atoms with van der Waals surface area (Å²) >= 11 is 0. The van der Waals surface area contributed by atoms with Gasteiger partial charge in [-0.05, 0) is 32.1 Å². The molecule has 0 amide bonds. The van der Waals surface area contributed by atoms with Gasteiger partial charge in [0, 0.05) is 0 Å². The van der Waals surface area contributed by atoms with Crippen LogP contribution in [0, 0.1) is 17.8 Å². The van der Waals surface area contributed by atoms with Crippen LogP contribution in [0.4, 0.5) is 0 Å². The van der Waals surface area contributed by atoms with Gasteiger partial charge in [-0.2, -0.15) is 0 Å². The van der Waals surface area contributed by atoms with E-state index in [1.165, 1.54) is 10.4 Å². The summed E-state index contributed by atoms with van der Waals surface area (Å²) in [6.07, 6.45) is -0.319. The van der Waals surface area contributed by atoms with Crippen LogP contribution in [0.3, 0.4) is 0 Å². The van der Waals surface area contributed by atoms with Crippen molar-refractivity contribution in [2.24, 2.45) is 5.92 Å². The van der Waals surface area contributed by atoms with Gasteiger partial charge in [0.25, 0.3) is 8.32 Å². The van der Waals surface area contributed by atoms with Crippen LogP contribution in [-0.4, -0.2) is 34.2 Å². The highest BCUT2D eigenvalue weighted by molar-refractivity contribution is 6.99. The average molecular weight is 669 g/mol. The fourth-order valence-electron chi connectivity index (χ4n) is 6.12. The summed E-state index contributed by atoms with van der Waals surface area (Å²) in [6, 6.07) is 52.0. The minimum absolute atomic E-state index is 0.137. The second-order valence-corrected chi connectivity index (χ2v) is 17.5. The normalized spacial score (nSPS) is 12.9. The molecule has 0 saturated carbocycles. The Bertz CT molecular complexity index is 1660. The van der Waals surface area contributed by atoms with Crippen molar-refractivity contribution in [1.29, 1.82) is 0 Å². The molecule has 0 aromatic heterocycles. The topological polar surface area (TPSA) is 36.9 Å². The molecule has 0 N–H and O–H groups in total. The quantitative estimate of drug-likeness (QED) is 0.0785. The van der Waals surface area contributed by atoms with Crippen LogP contribution in [0.1, 0.15) is 37.5 Å².